The molecule has 0 saturated carbocycles. The average Bonchev–Trinajstić information content (AvgIpc) is 3.10. The smallest absolute Gasteiger partial charge is 0.344 e. The predicted molar refractivity (Wildman–Crippen MR) is 90.7 cm³/mol. The molecule has 0 unspecified atom stereocenters. The molecule has 0 N–H and O–H groups in total. The van der Waals surface area contributed by atoms with Crippen LogP contribution >= 0.6 is 0 Å². The summed E-state index contributed by atoms with van der Waals surface area (Å²) in [5, 5.41) is 3.89. The monoisotopic (exact) mass is 354 g/mol. The van der Waals surface area contributed by atoms with E-state index in [1.54, 1.807) is 30.5 Å². The number of aromatic nitrogens is 4. The number of esters is 1. The van der Waals surface area contributed by atoms with E-state index in [0.29, 0.717) is 11.6 Å². The molecule has 0 aromatic carbocycles. The number of nitrogens with zero attached hydrogens (tertiary/aromatic N) is 4. The van der Waals surface area contributed by atoms with Gasteiger partial charge in [-0.3, -0.25) is 4.98 Å². The highest BCUT2D eigenvalue weighted by atomic mass is 16.6. The van der Waals surface area contributed by atoms with Gasteiger partial charge < -0.3 is 14.0 Å². The number of hydrogen-bond acceptors (Lipinski definition) is 8. The van der Waals surface area contributed by atoms with Crippen molar-refractivity contribution < 1.29 is 18.8 Å². The molecular formula is C18H18N4O4. The lowest BCUT2D eigenvalue weighted by molar-refractivity contribution is 0.0426. The summed E-state index contributed by atoms with van der Waals surface area (Å²) in [5.41, 5.74) is -0.0632. The number of hydrogen-bond donors (Lipinski definition) is 0. The third-order valence-corrected chi connectivity index (χ3v) is 3.31. The van der Waals surface area contributed by atoms with Crippen LogP contribution in [0.15, 0.2) is 47.4 Å². The number of pyridine rings is 2. The van der Waals surface area contributed by atoms with Crippen molar-refractivity contribution in [2.24, 2.45) is 0 Å². The molecule has 0 aliphatic rings. The van der Waals surface area contributed by atoms with E-state index >= 15 is 0 Å². The molecule has 0 fully saturated rings. The number of rotatable bonds is 5. The molecule has 0 radical (unpaired) electrons. The van der Waals surface area contributed by atoms with Crippen LogP contribution < -0.4 is 4.74 Å². The fraction of sp³-hybridized carbons (Fsp3) is 0.278. The Morgan fingerprint density at radius 2 is 2.00 bits per heavy atom. The molecule has 3 heterocycles. The van der Waals surface area contributed by atoms with E-state index in [4.69, 9.17) is 14.0 Å². The Bertz CT molecular complexity index is 887. The topological polar surface area (TPSA) is 100 Å². The molecule has 134 valence electrons. The van der Waals surface area contributed by atoms with Gasteiger partial charge in [-0.2, -0.15) is 4.98 Å². The van der Waals surface area contributed by atoms with Gasteiger partial charge in [0.15, 0.2) is 12.4 Å². The Morgan fingerprint density at radius 3 is 2.69 bits per heavy atom. The zero-order chi connectivity index (χ0) is 18.6. The first-order valence-corrected chi connectivity index (χ1v) is 7.96. The summed E-state index contributed by atoms with van der Waals surface area (Å²) in [6.07, 6.45) is 4.67. The highest BCUT2D eigenvalue weighted by Gasteiger charge is 2.22. The summed E-state index contributed by atoms with van der Waals surface area (Å²) < 4.78 is 16.0. The second-order valence-corrected chi connectivity index (χ2v) is 6.48. The molecule has 0 aliphatic heterocycles. The van der Waals surface area contributed by atoms with E-state index in [9.17, 15) is 4.79 Å². The maximum absolute atomic E-state index is 12.4. The minimum atomic E-state index is -0.604. The van der Waals surface area contributed by atoms with Crippen LogP contribution in [0.4, 0.5) is 0 Å². The van der Waals surface area contributed by atoms with Gasteiger partial charge >= 0.3 is 5.97 Å². The second kappa shape index (κ2) is 7.30. The van der Waals surface area contributed by atoms with Gasteiger partial charge in [0.25, 0.3) is 5.89 Å². The predicted octanol–water partition coefficient (Wildman–Crippen LogP) is 3.31. The van der Waals surface area contributed by atoms with E-state index < -0.39 is 5.97 Å². The molecule has 0 amide bonds. The average molecular weight is 354 g/mol. The van der Waals surface area contributed by atoms with E-state index in [2.05, 4.69) is 20.1 Å². The summed E-state index contributed by atoms with van der Waals surface area (Å²) in [6, 6.07) is 6.62. The Hall–Kier alpha value is -3.29. The Balaban J connectivity index is 1.69. The fourth-order valence-corrected chi connectivity index (χ4v) is 1.97. The number of ether oxygens (including phenoxy) is 2. The molecule has 0 atom stereocenters. The van der Waals surface area contributed by atoms with Gasteiger partial charge in [0, 0.05) is 17.8 Å². The lowest BCUT2D eigenvalue weighted by Crippen LogP contribution is -2.13. The van der Waals surface area contributed by atoms with E-state index in [-0.39, 0.29) is 29.4 Å². The molecule has 26 heavy (non-hydrogen) atoms. The van der Waals surface area contributed by atoms with Gasteiger partial charge in [-0.05, 0) is 24.3 Å². The first-order valence-electron chi connectivity index (χ1n) is 7.96. The normalized spacial score (nSPS) is 11.2. The molecule has 0 spiro atoms. The zero-order valence-corrected chi connectivity index (χ0v) is 14.7. The third kappa shape index (κ3) is 4.21. The van der Waals surface area contributed by atoms with Gasteiger partial charge in [0.1, 0.15) is 11.3 Å². The molecule has 0 aliphatic carbocycles. The van der Waals surface area contributed by atoms with Crippen molar-refractivity contribution in [2.75, 3.05) is 0 Å². The molecule has 8 heteroatoms. The van der Waals surface area contributed by atoms with Crippen LogP contribution in [0.25, 0.3) is 0 Å². The van der Waals surface area contributed by atoms with Crippen LogP contribution in [0.1, 0.15) is 42.8 Å². The lowest BCUT2D eigenvalue weighted by atomic mass is 9.96. The highest BCUT2D eigenvalue weighted by Crippen LogP contribution is 2.23. The molecule has 0 saturated heterocycles. The number of carbonyl (C=O) groups excluding carboxylic acids is 1. The van der Waals surface area contributed by atoms with Crippen LogP contribution in [0.3, 0.4) is 0 Å². The minimum absolute atomic E-state index is 0.131. The van der Waals surface area contributed by atoms with Crippen LogP contribution in [-0.2, 0) is 16.8 Å². The molecular weight excluding hydrogens is 336 g/mol. The third-order valence-electron chi connectivity index (χ3n) is 3.31. The van der Waals surface area contributed by atoms with E-state index in [1.807, 2.05) is 20.8 Å². The van der Waals surface area contributed by atoms with Crippen LogP contribution in [0, 0.1) is 0 Å². The zero-order valence-electron chi connectivity index (χ0n) is 14.7. The van der Waals surface area contributed by atoms with Crippen molar-refractivity contribution in [3.05, 3.63) is 60.1 Å². The maximum Gasteiger partial charge on any atom is 0.344 e. The molecule has 3 aromatic heterocycles. The summed E-state index contributed by atoms with van der Waals surface area (Å²) in [4.78, 5) is 24.7. The fourth-order valence-electron chi connectivity index (χ4n) is 1.97. The van der Waals surface area contributed by atoms with Crippen molar-refractivity contribution in [3.63, 3.8) is 0 Å². The van der Waals surface area contributed by atoms with Crippen LogP contribution in [0.2, 0.25) is 0 Å². The van der Waals surface area contributed by atoms with Crippen molar-refractivity contribution in [2.45, 2.75) is 32.8 Å². The summed E-state index contributed by atoms with van der Waals surface area (Å²) in [7, 11) is 0. The Labute approximate surface area is 150 Å². The lowest BCUT2D eigenvalue weighted by Gasteiger charge is -2.11. The van der Waals surface area contributed by atoms with Gasteiger partial charge in [-0.15, -0.1) is 0 Å². The van der Waals surface area contributed by atoms with Crippen LogP contribution in [0.5, 0.6) is 11.6 Å². The van der Waals surface area contributed by atoms with Crippen molar-refractivity contribution in [1.82, 2.24) is 20.1 Å². The largest absolute Gasteiger partial charge is 0.452 e. The summed E-state index contributed by atoms with van der Waals surface area (Å²) >= 11 is 0. The molecule has 8 nitrogen and oxygen atoms in total. The number of carbonyl (C=O) groups is 1. The second-order valence-electron chi connectivity index (χ2n) is 6.48. The molecule has 3 rings (SSSR count). The Morgan fingerprint density at radius 1 is 1.19 bits per heavy atom. The summed E-state index contributed by atoms with van der Waals surface area (Å²) in [5.74, 6) is 0.762. The van der Waals surface area contributed by atoms with Gasteiger partial charge in [-0.25, -0.2) is 9.78 Å². The first-order chi connectivity index (χ1) is 12.4. The Kier molecular flexibility index (Phi) is 4.92. The first kappa shape index (κ1) is 17.5. The SMILES string of the molecule is CC(C)(C)c1noc(COC(=O)c2cccnc2Oc2cccnc2)n1. The molecule has 0 bridgehead atoms. The minimum Gasteiger partial charge on any atom is -0.452 e. The highest BCUT2D eigenvalue weighted by molar-refractivity contribution is 5.91. The maximum atomic E-state index is 12.4. The standard InChI is InChI=1S/C18H18N4O4/c1-18(2,3)17-21-14(26-22-17)11-24-16(23)13-7-5-9-20-15(13)25-12-6-4-8-19-10-12/h4-10H,11H2,1-3H3. The molecule has 3 aromatic rings. The summed E-state index contributed by atoms with van der Waals surface area (Å²) in [6.45, 7) is 5.76. The van der Waals surface area contributed by atoms with Crippen molar-refractivity contribution in [3.8, 4) is 11.6 Å². The van der Waals surface area contributed by atoms with Gasteiger partial charge in [-0.1, -0.05) is 25.9 Å². The van der Waals surface area contributed by atoms with Gasteiger partial charge in [0.2, 0.25) is 5.88 Å². The van der Waals surface area contributed by atoms with Crippen LogP contribution in [-0.4, -0.2) is 26.1 Å². The quantitative estimate of drug-likeness (QED) is 0.643. The van der Waals surface area contributed by atoms with E-state index in [0.717, 1.165) is 0 Å². The van der Waals surface area contributed by atoms with Gasteiger partial charge in [0.05, 0.1) is 6.20 Å². The van der Waals surface area contributed by atoms with E-state index in [1.165, 1.54) is 12.4 Å². The van der Waals surface area contributed by atoms with Crippen molar-refractivity contribution >= 4 is 5.97 Å². The van der Waals surface area contributed by atoms with Crippen molar-refractivity contribution in [1.29, 1.82) is 0 Å².